The standard InChI is InChI=1S/C14H12N4O2S/c1-8-4-5-9(7-10(8)15)13-17-18-14(21-13)16-12(19)11-3-2-6-20-11/h2-7H,15H2,1H3,(H,16,18,19). The molecule has 0 saturated carbocycles. The Morgan fingerprint density at radius 1 is 1.33 bits per heavy atom. The van der Waals surface area contributed by atoms with E-state index in [2.05, 4.69) is 15.5 Å². The zero-order chi connectivity index (χ0) is 14.8. The van der Waals surface area contributed by atoms with Crippen LogP contribution in [0.2, 0.25) is 0 Å². The van der Waals surface area contributed by atoms with Crippen molar-refractivity contribution in [2.75, 3.05) is 11.1 Å². The van der Waals surface area contributed by atoms with Crippen molar-refractivity contribution in [1.82, 2.24) is 10.2 Å². The lowest BCUT2D eigenvalue weighted by Gasteiger charge is -2.01. The van der Waals surface area contributed by atoms with Gasteiger partial charge in [0.1, 0.15) is 5.01 Å². The molecule has 2 aromatic heterocycles. The third kappa shape index (κ3) is 2.77. The number of nitrogens with two attached hydrogens (primary N) is 1. The summed E-state index contributed by atoms with van der Waals surface area (Å²) in [6.45, 7) is 1.94. The van der Waals surface area contributed by atoms with Crippen LogP contribution < -0.4 is 11.1 Å². The molecular weight excluding hydrogens is 288 g/mol. The number of nitrogen functional groups attached to an aromatic ring is 1. The Morgan fingerprint density at radius 2 is 2.19 bits per heavy atom. The summed E-state index contributed by atoms with van der Waals surface area (Å²) in [5.41, 5.74) is 8.46. The summed E-state index contributed by atoms with van der Waals surface area (Å²) < 4.78 is 5.02. The lowest BCUT2D eigenvalue weighted by atomic mass is 10.1. The molecule has 0 aliphatic carbocycles. The SMILES string of the molecule is Cc1ccc(-c2nnc(NC(=O)c3ccco3)s2)cc1N. The first kappa shape index (κ1) is 13.3. The lowest BCUT2D eigenvalue weighted by Crippen LogP contribution is -2.10. The Balaban J connectivity index is 1.80. The summed E-state index contributed by atoms with van der Waals surface area (Å²) in [6, 6.07) is 8.92. The fourth-order valence-electron chi connectivity index (χ4n) is 1.73. The van der Waals surface area contributed by atoms with Crippen molar-refractivity contribution >= 4 is 28.1 Å². The van der Waals surface area contributed by atoms with Crippen molar-refractivity contribution in [3.8, 4) is 10.6 Å². The average molecular weight is 300 g/mol. The molecule has 0 aliphatic rings. The summed E-state index contributed by atoms with van der Waals surface area (Å²) >= 11 is 1.27. The molecule has 3 N–H and O–H groups in total. The number of rotatable bonds is 3. The number of hydrogen-bond acceptors (Lipinski definition) is 6. The van der Waals surface area contributed by atoms with Gasteiger partial charge in [0, 0.05) is 11.3 Å². The second kappa shape index (κ2) is 5.37. The number of benzene rings is 1. The third-order valence-electron chi connectivity index (χ3n) is 2.92. The van der Waals surface area contributed by atoms with Gasteiger partial charge in [-0.1, -0.05) is 23.5 Å². The number of furan rings is 1. The van der Waals surface area contributed by atoms with E-state index >= 15 is 0 Å². The Morgan fingerprint density at radius 3 is 2.90 bits per heavy atom. The molecule has 0 fully saturated rings. The van der Waals surface area contributed by atoms with E-state index in [1.165, 1.54) is 17.6 Å². The molecule has 7 heteroatoms. The van der Waals surface area contributed by atoms with Gasteiger partial charge in [-0.2, -0.15) is 0 Å². The second-order valence-corrected chi connectivity index (χ2v) is 5.39. The average Bonchev–Trinajstić information content (AvgIpc) is 3.12. The fourth-order valence-corrected chi connectivity index (χ4v) is 2.47. The molecule has 0 saturated heterocycles. The minimum Gasteiger partial charge on any atom is -0.459 e. The van der Waals surface area contributed by atoms with Crippen molar-refractivity contribution in [1.29, 1.82) is 0 Å². The van der Waals surface area contributed by atoms with Crippen LogP contribution in [0.5, 0.6) is 0 Å². The van der Waals surface area contributed by atoms with Gasteiger partial charge in [0.05, 0.1) is 6.26 Å². The Labute approximate surface area is 124 Å². The highest BCUT2D eigenvalue weighted by Gasteiger charge is 2.13. The summed E-state index contributed by atoms with van der Waals surface area (Å²) in [5.74, 6) is -0.127. The molecule has 2 heterocycles. The number of carbonyl (C=O) groups excluding carboxylic acids is 1. The molecule has 0 unspecified atom stereocenters. The second-order valence-electron chi connectivity index (χ2n) is 4.42. The zero-order valence-corrected chi connectivity index (χ0v) is 12.0. The molecule has 0 atom stereocenters. The number of aryl methyl sites for hydroxylation is 1. The molecule has 0 bridgehead atoms. The van der Waals surface area contributed by atoms with E-state index in [4.69, 9.17) is 10.2 Å². The van der Waals surface area contributed by atoms with Crippen molar-refractivity contribution in [2.45, 2.75) is 6.92 Å². The molecule has 1 amide bonds. The lowest BCUT2D eigenvalue weighted by molar-refractivity contribution is 0.0996. The molecule has 0 aliphatic heterocycles. The number of aromatic nitrogens is 2. The summed E-state index contributed by atoms with van der Waals surface area (Å²) in [6.07, 6.45) is 1.44. The van der Waals surface area contributed by atoms with E-state index in [1.54, 1.807) is 12.1 Å². The van der Waals surface area contributed by atoms with E-state index in [-0.39, 0.29) is 11.7 Å². The van der Waals surface area contributed by atoms with Gasteiger partial charge in [0.2, 0.25) is 5.13 Å². The van der Waals surface area contributed by atoms with E-state index in [1.807, 2.05) is 25.1 Å². The minimum atomic E-state index is -0.355. The topological polar surface area (TPSA) is 94.0 Å². The monoisotopic (exact) mass is 300 g/mol. The fraction of sp³-hybridized carbons (Fsp3) is 0.0714. The van der Waals surface area contributed by atoms with Gasteiger partial charge in [-0.15, -0.1) is 10.2 Å². The first-order valence-corrected chi connectivity index (χ1v) is 7.00. The first-order chi connectivity index (χ1) is 10.1. The minimum absolute atomic E-state index is 0.228. The van der Waals surface area contributed by atoms with Crippen LogP contribution >= 0.6 is 11.3 Å². The number of nitrogens with zero attached hydrogens (tertiary/aromatic N) is 2. The molecule has 3 rings (SSSR count). The summed E-state index contributed by atoms with van der Waals surface area (Å²) in [5, 5.41) is 11.7. The molecule has 106 valence electrons. The molecule has 0 radical (unpaired) electrons. The van der Waals surface area contributed by atoms with Crippen molar-refractivity contribution < 1.29 is 9.21 Å². The van der Waals surface area contributed by atoms with Gasteiger partial charge in [-0.3, -0.25) is 10.1 Å². The highest BCUT2D eigenvalue weighted by molar-refractivity contribution is 7.18. The van der Waals surface area contributed by atoms with E-state index in [0.717, 1.165) is 11.1 Å². The largest absolute Gasteiger partial charge is 0.459 e. The number of amides is 1. The van der Waals surface area contributed by atoms with Crippen LogP contribution in [0.15, 0.2) is 41.0 Å². The maximum absolute atomic E-state index is 11.8. The number of anilines is 2. The van der Waals surface area contributed by atoms with Crippen LogP contribution in [0.3, 0.4) is 0 Å². The highest BCUT2D eigenvalue weighted by Crippen LogP contribution is 2.28. The normalized spacial score (nSPS) is 10.5. The van der Waals surface area contributed by atoms with Gasteiger partial charge < -0.3 is 10.2 Å². The maximum Gasteiger partial charge on any atom is 0.293 e. The van der Waals surface area contributed by atoms with Gasteiger partial charge >= 0.3 is 0 Å². The zero-order valence-electron chi connectivity index (χ0n) is 11.2. The molecule has 1 aromatic carbocycles. The predicted octanol–water partition coefficient (Wildman–Crippen LogP) is 2.94. The van der Waals surface area contributed by atoms with Crippen LogP contribution in [-0.2, 0) is 0 Å². The van der Waals surface area contributed by atoms with Gasteiger partial charge in [0.15, 0.2) is 5.76 Å². The van der Waals surface area contributed by atoms with Crippen LogP contribution in [0.1, 0.15) is 16.1 Å². The van der Waals surface area contributed by atoms with Gasteiger partial charge in [0.25, 0.3) is 5.91 Å². The van der Waals surface area contributed by atoms with Gasteiger partial charge in [-0.25, -0.2) is 0 Å². The highest BCUT2D eigenvalue weighted by atomic mass is 32.1. The summed E-state index contributed by atoms with van der Waals surface area (Å²) in [4.78, 5) is 11.8. The Bertz CT molecular complexity index is 780. The van der Waals surface area contributed by atoms with E-state index in [0.29, 0.717) is 15.8 Å². The van der Waals surface area contributed by atoms with Crippen LogP contribution in [0.4, 0.5) is 10.8 Å². The molecule has 0 spiro atoms. The van der Waals surface area contributed by atoms with Gasteiger partial charge in [-0.05, 0) is 30.7 Å². The number of nitrogens with one attached hydrogen (secondary N) is 1. The molecular formula is C14H12N4O2S. The van der Waals surface area contributed by atoms with Crippen LogP contribution in [0, 0.1) is 6.92 Å². The first-order valence-electron chi connectivity index (χ1n) is 6.18. The van der Waals surface area contributed by atoms with Crippen LogP contribution in [0.25, 0.3) is 10.6 Å². The van der Waals surface area contributed by atoms with Crippen molar-refractivity contribution in [3.05, 3.63) is 47.9 Å². The number of carbonyl (C=O) groups is 1. The van der Waals surface area contributed by atoms with E-state index in [9.17, 15) is 4.79 Å². The Kier molecular flexibility index (Phi) is 3.41. The van der Waals surface area contributed by atoms with Crippen LogP contribution in [-0.4, -0.2) is 16.1 Å². The summed E-state index contributed by atoms with van der Waals surface area (Å²) in [7, 11) is 0. The molecule has 3 aromatic rings. The predicted molar refractivity (Wildman–Crippen MR) is 81.2 cm³/mol. The van der Waals surface area contributed by atoms with Crippen molar-refractivity contribution in [3.63, 3.8) is 0 Å². The third-order valence-corrected chi connectivity index (χ3v) is 3.80. The quantitative estimate of drug-likeness (QED) is 0.725. The van der Waals surface area contributed by atoms with E-state index < -0.39 is 0 Å². The van der Waals surface area contributed by atoms with Crippen molar-refractivity contribution in [2.24, 2.45) is 0 Å². The Hall–Kier alpha value is -2.67. The molecule has 21 heavy (non-hydrogen) atoms. The maximum atomic E-state index is 11.8. The molecule has 6 nitrogen and oxygen atoms in total. The smallest absolute Gasteiger partial charge is 0.293 e. The number of hydrogen-bond donors (Lipinski definition) is 2.